The molecule has 1 N–H and O–H groups in total. The third-order valence-electron chi connectivity index (χ3n) is 5.14. The predicted molar refractivity (Wildman–Crippen MR) is 105 cm³/mol. The molecular weight excluding hydrogens is 296 g/mol. The molecule has 0 aliphatic rings. The number of Topliss-reactive ketones (excluding diaryl/α,β-unsaturated/α-hetero) is 1. The van der Waals surface area contributed by atoms with Crippen LogP contribution < -0.4 is 0 Å². The summed E-state index contributed by atoms with van der Waals surface area (Å²) in [7, 11) is 0. The molecule has 0 amide bonds. The van der Waals surface area contributed by atoms with Crippen molar-refractivity contribution < 1.29 is 9.90 Å². The molecule has 0 rings (SSSR count). The highest BCUT2D eigenvalue weighted by Crippen LogP contribution is 2.24. The molecule has 0 aliphatic heterocycles. The average Bonchev–Trinajstić information content (AvgIpc) is 2.56. The van der Waals surface area contributed by atoms with Gasteiger partial charge in [-0.05, 0) is 50.9 Å². The summed E-state index contributed by atoms with van der Waals surface area (Å²) in [5.74, 6) is 1.02. The highest BCUT2D eigenvalue weighted by molar-refractivity contribution is 5.75. The molecule has 3 atom stereocenters. The van der Waals surface area contributed by atoms with Crippen molar-refractivity contribution in [3.63, 3.8) is 0 Å². The van der Waals surface area contributed by atoms with Crippen LogP contribution in [0.4, 0.5) is 0 Å². The van der Waals surface area contributed by atoms with E-state index in [4.69, 9.17) is 0 Å². The Labute approximate surface area is 151 Å². The maximum atomic E-state index is 11.0. The number of carbonyl (C=O) groups is 1. The minimum absolute atomic E-state index is 0.249. The molecule has 2 nitrogen and oxygen atoms in total. The summed E-state index contributed by atoms with van der Waals surface area (Å²) in [4.78, 5) is 11.0. The van der Waals surface area contributed by atoms with Crippen molar-refractivity contribution in [1.29, 1.82) is 0 Å². The molecule has 0 heterocycles. The minimum atomic E-state index is -0.249. The molecule has 0 aliphatic carbocycles. The van der Waals surface area contributed by atoms with Crippen molar-refractivity contribution in [3.05, 3.63) is 12.2 Å². The first-order valence-corrected chi connectivity index (χ1v) is 10.4. The topological polar surface area (TPSA) is 37.3 Å². The van der Waals surface area contributed by atoms with Crippen LogP contribution in [0.1, 0.15) is 105 Å². The lowest BCUT2D eigenvalue weighted by Crippen LogP contribution is -2.24. The molecule has 0 aromatic carbocycles. The quantitative estimate of drug-likeness (QED) is 0.259. The van der Waals surface area contributed by atoms with Crippen molar-refractivity contribution >= 4 is 5.78 Å². The van der Waals surface area contributed by atoms with Gasteiger partial charge in [0.2, 0.25) is 0 Å². The van der Waals surface area contributed by atoms with Crippen LogP contribution in [0, 0.1) is 11.8 Å². The van der Waals surface area contributed by atoms with E-state index in [2.05, 4.69) is 32.9 Å². The number of hydrogen-bond acceptors (Lipinski definition) is 2. The second-order valence-electron chi connectivity index (χ2n) is 7.43. The molecule has 0 aromatic heterocycles. The van der Waals surface area contributed by atoms with Gasteiger partial charge in [-0.1, -0.05) is 71.4 Å². The molecule has 0 bridgehead atoms. The smallest absolute Gasteiger partial charge is 0.129 e. The van der Waals surface area contributed by atoms with Crippen molar-refractivity contribution in [1.82, 2.24) is 0 Å². The fourth-order valence-corrected chi connectivity index (χ4v) is 3.27. The number of ketones is 1. The Morgan fingerprint density at radius 2 is 1.67 bits per heavy atom. The number of aliphatic hydroxyl groups excluding tert-OH is 1. The molecule has 2 heteroatoms. The highest BCUT2D eigenvalue weighted by atomic mass is 16.3. The van der Waals surface area contributed by atoms with E-state index in [-0.39, 0.29) is 11.9 Å². The van der Waals surface area contributed by atoms with Gasteiger partial charge in [-0.3, -0.25) is 0 Å². The van der Waals surface area contributed by atoms with Crippen LogP contribution in [0.25, 0.3) is 0 Å². The van der Waals surface area contributed by atoms with Crippen LogP contribution in [-0.4, -0.2) is 17.0 Å². The summed E-state index contributed by atoms with van der Waals surface area (Å²) in [5.41, 5.74) is 0. The Kier molecular flexibility index (Phi) is 15.5. The average molecular weight is 339 g/mol. The van der Waals surface area contributed by atoms with E-state index in [0.29, 0.717) is 18.3 Å². The molecule has 0 saturated carbocycles. The van der Waals surface area contributed by atoms with Gasteiger partial charge in [-0.15, -0.1) is 0 Å². The lowest BCUT2D eigenvalue weighted by atomic mass is 9.84. The molecule has 0 radical (unpaired) electrons. The molecule has 0 aromatic rings. The molecule has 0 fully saturated rings. The maximum Gasteiger partial charge on any atom is 0.129 e. The minimum Gasteiger partial charge on any atom is -0.393 e. The number of carbonyl (C=O) groups excluding carboxylic acids is 1. The highest BCUT2D eigenvalue weighted by Gasteiger charge is 2.20. The third-order valence-corrected chi connectivity index (χ3v) is 5.14. The van der Waals surface area contributed by atoms with Crippen LogP contribution in [0.15, 0.2) is 12.2 Å². The van der Waals surface area contributed by atoms with E-state index in [1.807, 2.05) is 0 Å². The summed E-state index contributed by atoms with van der Waals surface area (Å²) >= 11 is 0. The van der Waals surface area contributed by atoms with E-state index in [1.54, 1.807) is 6.92 Å². The van der Waals surface area contributed by atoms with Crippen LogP contribution in [-0.2, 0) is 4.79 Å². The van der Waals surface area contributed by atoms with E-state index in [9.17, 15) is 9.90 Å². The van der Waals surface area contributed by atoms with Crippen LogP contribution >= 0.6 is 0 Å². The van der Waals surface area contributed by atoms with E-state index in [0.717, 1.165) is 25.7 Å². The number of allylic oxidation sites excluding steroid dienone is 2. The summed E-state index contributed by atoms with van der Waals surface area (Å²) in [6.45, 7) is 8.27. The Morgan fingerprint density at radius 1 is 1.00 bits per heavy atom. The standard InChI is InChI=1S/C22H42O2/c1-5-7-8-9-10-11-12-13-17-21(6-2)20(4)22(24)18-15-14-16-19(3)23/h13,17,20-22,24H,5-12,14-16,18H2,1-4H3. The zero-order chi connectivity index (χ0) is 18.2. The maximum absolute atomic E-state index is 11.0. The monoisotopic (exact) mass is 338 g/mol. The van der Waals surface area contributed by atoms with E-state index >= 15 is 0 Å². The fourth-order valence-electron chi connectivity index (χ4n) is 3.27. The number of hydrogen-bond donors (Lipinski definition) is 1. The Hall–Kier alpha value is -0.630. The molecular formula is C22H42O2. The van der Waals surface area contributed by atoms with Gasteiger partial charge in [0.1, 0.15) is 5.78 Å². The zero-order valence-corrected chi connectivity index (χ0v) is 16.7. The van der Waals surface area contributed by atoms with E-state index < -0.39 is 0 Å². The second kappa shape index (κ2) is 15.9. The summed E-state index contributed by atoms with van der Waals surface area (Å²) in [5, 5.41) is 10.4. The van der Waals surface area contributed by atoms with Crippen molar-refractivity contribution in [3.8, 4) is 0 Å². The number of aliphatic hydroxyl groups is 1. The predicted octanol–water partition coefficient (Wildman–Crippen LogP) is 6.47. The van der Waals surface area contributed by atoms with Gasteiger partial charge in [-0.2, -0.15) is 0 Å². The van der Waals surface area contributed by atoms with Gasteiger partial charge >= 0.3 is 0 Å². The first-order valence-electron chi connectivity index (χ1n) is 10.4. The van der Waals surface area contributed by atoms with Gasteiger partial charge in [0.25, 0.3) is 0 Å². The van der Waals surface area contributed by atoms with Crippen molar-refractivity contribution in [2.45, 2.75) is 111 Å². The first-order chi connectivity index (χ1) is 11.5. The summed E-state index contributed by atoms with van der Waals surface area (Å²) < 4.78 is 0. The first kappa shape index (κ1) is 23.4. The van der Waals surface area contributed by atoms with E-state index in [1.165, 1.54) is 44.9 Å². The fraction of sp³-hybridized carbons (Fsp3) is 0.864. The Morgan fingerprint density at radius 3 is 2.29 bits per heavy atom. The Bertz CT molecular complexity index is 322. The molecule has 142 valence electrons. The van der Waals surface area contributed by atoms with Crippen molar-refractivity contribution in [2.24, 2.45) is 11.8 Å². The SMILES string of the molecule is CCCCCCCCC=CC(CC)C(C)C(O)CCCCC(C)=O. The van der Waals surface area contributed by atoms with Crippen LogP contribution in [0.2, 0.25) is 0 Å². The molecule has 0 saturated heterocycles. The molecule has 24 heavy (non-hydrogen) atoms. The van der Waals surface area contributed by atoms with Gasteiger partial charge in [0.15, 0.2) is 0 Å². The lowest BCUT2D eigenvalue weighted by Gasteiger charge is -2.25. The second-order valence-corrected chi connectivity index (χ2v) is 7.43. The van der Waals surface area contributed by atoms with Gasteiger partial charge < -0.3 is 9.90 Å². The molecule has 0 spiro atoms. The van der Waals surface area contributed by atoms with Gasteiger partial charge in [-0.25, -0.2) is 0 Å². The van der Waals surface area contributed by atoms with Crippen molar-refractivity contribution in [2.75, 3.05) is 0 Å². The third kappa shape index (κ3) is 12.8. The number of rotatable bonds is 16. The van der Waals surface area contributed by atoms with Gasteiger partial charge in [0, 0.05) is 6.42 Å². The zero-order valence-electron chi connectivity index (χ0n) is 16.7. The Balaban J connectivity index is 3.94. The normalized spacial score (nSPS) is 15.5. The summed E-state index contributed by atoms with van der Waals surface area (Å²) in [6.07, 6.45) is 18.0. The van der Waals surface area contributed by atoms with Crippen LogP contribution in [0.5, 0.6) is 0 Å². The summed E-state index contributed by atoms with van der Waals surface area (Å²) in [6, 6.07) is 0. The number of unbranched alkanes of at least 4 members (excludes halogenated alkanes) is 7. The lowest BCUT2D eigenvalue weighted by molar-refractivity contribution is -0.117. The molecule has 3 unspecified atom stereocenters. The largest absolute Gasteiger partial charge is 0.393 e. The van der Waals surface area contributed by atoms with Crippen LogP contribution in [0.3, 0.4) is 0 Å². The van der Waals surface area contributed by atoms with Gasteiger partial charge in [0.05, 0.1) is 6.10 Å².